The summed E-state index contributed by atoms with van der Waals surface area (Å²) >= 11 is 6.15. The van der Waals surface area contributed by atoms with E-state index >= 15 is 0 Å². The third-order valence-corrected chi connectivity index (χ3v) is 24.6. The van der Waals surface area contributed by atoms with Gasteiger partial charge in [0, 0.05) is 32.9 Å². The second kappa shape index (κ2) is 24.2. The molecule has 10 aliphatic rings. The predicted molar refractivity (Wildman–Crippen MR) is 397 cm³/mol. The van der Waals surface area contributed by atoms with Crippen LogP contribution in [-0.2, 0) is 17.3 Å². The van der Waals surface area contributed by atoms with Gasteiger partial charge in [-0.05, 0) is 279 Å². The van der Waals surface area contributed by atoms with Gasteiger partial charge in [0.15, 0.2) is 0 Å². The van der Waals surface area contributed by atoms with Crippen LogP contribution in [0.5, 0.6) is 0 Å². The number of anilines is 3. The lowest BCUT2D eigenvalue weighted by molar-refractivity contribution is -0.0399. The monoisotopic (exact) mass is 1250 g/mol. The molecule has 95 heavy (non-hydrogen) atoms. The van der Waals surface area contributed by atoms with E-state index in [1.54, 1.807) is 22.3 Å². The molecule has 0 N–H and O–H groups in total. The molecular weight excluding hydrogens is 1170 g/mol. The Balaban J connectivity index is 0.000000116. The largest absolute Gasteiger partial charge is 0.311 e. The van der Waals surface area contributed by atoms with Crippen LogP contribution in [0, 0.1) is 47.3 Å². The molecule has 8 fully saturated rings. The highest BCUT2D eigenvalue weighted by atomic mass is 35.5. The van der Waals surface area contributed by atoms with E-state index in [4.69, 9.17) is 11.6 Å². The number of para-hydroxylation sites is 1. The first-order chi connectivity index (χ1) is 46.9. The predicted octanol–water partition coefficient (Wildman–Crippen LogP) is 24.9. The quantitative estimate of drug-likeness (QED) is 0.139. The summed E-state index contributed by atoms with van der Waals surface area (Å²) in [5, 5.41) is 0.805. The highest BCUT2D eigenvalue weighted by Crippen LogP contribution is 2.71. The Kier molecular flexibility index (Phi) is 14.8. The molecule has 2 spiro atoms. The van der Waals surface area contributed by atoms with E-state index in [-0.39, 0.29) is 10.8 Å². The van der Waals surface area contributed by atoms with Crippen LogP contribution >= 0.6 is 11.6 Å². The average molecular weight is 1250 g/mol. The van der Waals surface area contributed by atoms with Crippen LogP contribution in [0.1, 0.15) is 97.6 Å². The van der Waals surface area contributed by atoms with Gasteiger partial charge >= 0.3 is 0 Å². The van der Waals surface area contributed by atoms with Crippen molar-refractivity contribution in [2.75, 3.05) is 4.90 Å². The fraction of sp³-hybridized carbons (Fsp3) is 0.226. The Hall–Kier alpha value is -9.27. The molecule has 12 aromatic rings. The molecule has 0 radical (unpaired) electrons. The van der Waals surface area contributed by atoms with Crippen LogP contribution in [-0.4, -0.2) is 0 Å². The van der Waals surface area contributed by atoms with Crippen LogP contribution in [0.4, 0.5) is 17.1 Å². The minimum absolute atomic E-state index is 0.200. The molecule has 8 saturated carbocycles. The maximum absolute atomic E-state index is 6.15. The van der Waals surface area contributed by atoms with Gasteiger partial charge in [0.25, 0.3) is 0 Å². The number of rotatable bonds is 9. The molecule has 1 nitrogen and oxygen atoms in total. The van der Waals surface area contributed by atoms with E-state index < -0.39 is 0 Å². The van der Waals surface area contributed by atoms with Crippen molar-refractivity contribution in [3.63, 3.8) is 0 Å². The Labute approximate surface area is 567 Å². The fourth-order valence-corrected chi connectivity index (χ4v) is 21.0. The highest BCUT2D eigenvalue weighted by molar-refractivity contribution is 6.30. The van der Waals surface area contributed by atoms with Gasteiger partial charge in [0.1, 0.15) is 0 Å². The van der Waals surface area contributed by atoms with Crippen molar-refractivity contribution in [2.45, 2.75) is 81.5 Å². The topological polar surface area (TPSA) is 3.24 Å². The smallest absolute Gasteiger partial charge is 0.0462 e. The first-order valence-corrected chi connectivity index (χ1v) is 35.8. The summed E-state index contributed by atoms with van der Waals surface area (Å²) in [7, 11) is 0. The zero-order valence-corrected chi connectivity index (χ0v) is 54.8. The van der Waals surface area contributed by atoms with Crippen LogP contribution in [0.3, 0.4) is 0 Å². The molecule has 22 rings (SSSR count). The summed E-state index contributed by atoms with van der Waals surface area (Å²) in [6.45, 7) is 0. The molecule has 0 saturated heterocycles. The first-order valence-electron chi connectivity index (χ1n) is 35.4. The van der Waals surface area contributed by atoms with Crippen molar-refractivity contribution in [2.24, 2.45) is 47.3 Å². The van der Waals surface area contributed by atoms with Crippen molar-refractivity contribution in [1.82, 2.24) is 0 Å². The molecular formula is C93H80ClN. The first kappa shape index (κ1) is 58.3. The Morgan fingerprint density at radius 2 is 0.547 bits per heavy atom. The minimum atomic E-state index is 0.200. The summed E-state index contributed by atoms with van der Waals surface area (Å²) < 4.78 is 0. The van der Waals surface area contributed by atoms with Gasteiger partial charge in [-0.1, -0.05) is 254 Å². The molecule has 2 heteroatoms. The van der Waals surface area contributed by atoms with E-state index in [1.807, 2.05) is 18.2 Å². The normalized spacial score (nSPS) is 24.4. The number of fused-ring (bicyclic) bond motifs is 6. The van der Waals surface area contributed by atoms with Crippen LogP contribution in [0.2, 0.25) is 5.02 Å². The number of hydrogen-bond donors (Lipinski definition) is 0. The van der Waals surface area contributed by atoms with Crippen LogP contribution in [0.25, 0.3) is 66.8 Å². The van der Waals surface area contributed by atoms with Crippen molar-refractivity contribution in [1.29, 1.82) is 0 Å². The van der Waals surface area contributed by atoms with E-state index in [9.17, 15) is 0 Å². The Bertz CT molecular complexity index is 4670. The molecule has 0 amide bonds. The third-order valence-electron chi connectivity index (χ3n) is 24.3. The maximum Gasteiger partial charge on any atom is 0.0462 e. The van der Waals surface area contributed by atoms with E-state index in [1.165, 1.54) is 148 Å². The number of halogens is 1. The van der Waals surface area contributed by atoms with Gasteiger partial charge < -0.3 is 4.90 Å². The van der Waals surface area contributed by atoms with Gasteiger partial charge in [-0.3, -0.25) is 0 Å². The Morgan fingerprint density at radius 1 is 0.253 bits per heavy atom. The molecule has 0 aromatic heterocycles. The zero-order valence-electron chi connectivity index (χ0n) is 54.1. The SMILES string of the molecule is Clc1ccc(-c2ccc3c(c2)C2(c4ccccc4-3)C3CC4CC(C3)CC2C4)cc1.c1ccc(-c2ccc(N(c3ccccc3)c3ccc(-c4ccc5c(c4)C4(c6ccccc6-5)C5CC6CC(C5)CC4C6)cc3)cc2)cc1.c1ccc(Cc2ccc(-c3ccccc3)cc2)cc1. The van der Waals surface area contributed by atoms with Gasteiger partial charge in [0.2, 0.25) is 0 Å². The standard InChI is InChI=1S/C46H39N.C28H25Cl.C19H16/c1-3-9-33(10-4-1)34-15-20-40(21-16-34)47(39-11-5-2-6-12-39)41-22-17-35(18-23-41)36-19-24-43-42-13-7-8-14-44(42)46(45(43)30-36)37-26-31-25-32(28-37)29-38(46)27-31;29-23-8-5-19(6-9-23)20-7-10-25-24-3-1-2-4-26(24)28(27(25)16-20)21-12-17-11-18(14-21)15-22(28)13-17;1-3-7-16(8-4-1)15-17-11-13-19(14-12-17)18-9-5-2-6-10-18/h1-24,30-32,37-38H,25-29H2;1-10,16-18,21-22H,11-15H2;1-14H,15H2. The summed E-state index contributed by atoms with van der Waals surface area (Å²) in [5.74, 6) is 7.09. The van der Waals surface area contributed by atoms with Gasteiger partial charge in [-0.2, -0.15) is 0 Å². The molecule has 0 aliphatic heterocycles. The zero-order chi connectivity index (χ0) is 63.0. The van der Waals surface area contributed by atoms with E-state index in [0.717, 1.165) is 70.2 Å². The number of benzene rings is 12. The van der Waals surface area contributed by atoms with Crippen molar-refractivity contribution >= 4 is 28.7 Å². The second-order valence-electron chi connectivity index (χ2n) is 29.3. The number of hydrogen-bond acceptors (Lipinski definition) is 1. The fourth-order valence-electron chi connectivity index (χ4n) is 20.8. The Morgan fingerprint density at radius 3 is 0.968 bits per heavy atom. The second-order valence-corrected chi connectivity index (χ2v) is 29.8. The lowest BCUT2D eigenvalue weighted by Gasteiger charge is -2.61. The molecule has 0 unspecified atom stereocenters. The molecule has 0 heterocycles. The van der Waals surface area contributed by atoms with Crippen LogP contribution in [0.15, 0.2) is 303 Å². The van der Waals surface area contributed by atoms with Gasteiger partial charge in [0.05, 0.1) is 0 Å². The highest BCUT2D eigenvalue weighted by Gasteiger charge is 2.63. The molecule has 0 atom stereocenters. The average Bonchev–Trinajstić information content (AvgIpc) is 1.54. The molecule has 12 aromatic carbocycles. The summed E-state index contributed by atoms with van der Waals surface area (Å²) in [4.78, 5) is 2.36. The summed E-state index contributed by atoms with van der Waals surface area (Å²) in [5.41, 5.74) is 29.4. The summed E-state index contributed by atoms with van der Waals surface area (Å²) in [6.07, 6.45) is 15.4. The van der Waals surface area contributed by atoms with Gasteiger partial charge in [-0.15, -0.1) is 0 Å². The maximum atomic E-state index is 6.15. The van der Waals surface area contributed by atoms with Crippen LogP contribution < -0.4 is 4.90 Å². The van der Waals surface area contributed by atoms with Crippen molar-refractivity contribution < 1.29 is 0 Å². The third kappa shape index (κ3) is 10.2. The number of nitrogens with zero attached hydrogens (tertiary/aromatic N) is 1. The summed E-state index contributed by atoms with van der Waals surface area (Å²) in [6, 6.07) is 111. The lowest BCUT2D eigenvalue weighted by atomic mass is 9.43. The van der Waals surface area contributed by atoms with E-state index in [2.05, 4.69) is 290 Å². The molecule has 8 bridgehead atoms. The minimum Gasteiger partial charge on any atom is -0.311 e. The molecule has 464 valence electrons. The lowest BCUT2D eigenvalue weighted by Crippen LogP contribution is -2.55. The van der Waals surface area contributed by atoms with Crippen molar-refractivity contribution in [3.05, 3.63) is 342 Å². The molecule has 10 aliphatic carbocycles. The van der Waals surface area contributed by atoms with Gasteiger partial charge in [-0.25, -0.2) is 0 Å². The van der Waals surface area contributed by atoms with E-state index in [0.29, 0.717) is 0 Å². The van der Waals surface area contributed by atoms with Crippen molar-refractivity contribution in [3.8, 4) is 66.8 Å².